The molecule has 3 aromatic carbocycles. The molecule has 0 spiro atoms. The van der Waals surface area contributed by atoms with Gasteiger partial charge < -0.3 is 4.74 Å². The standard InChI is InChI=1S/C26H17N3O5S/c30-25-23(35-26(31)28(25)16-19-6-3-5-18-4-1-2-7-22(18)19)14-17-8-11-21(12-9-17)34-24-13-10-20(15-27-24)29(32)33/h1-15H,16H2/b23-14+. The second kappa shape index (κ2) is 9.40. The minimum absolute atomic E-state index is 0.123. The van der Waals surface area contributed by atoms with Gasteiger partial charge in [-0.25, -0.2) is 4.98 Å². The average molecular weight is 484 g/mol. The fraction of sp³-hybridized carbons (Fsp3) is 0.0385. The van der Waals surface area contributed by atoms with Crippen LogP contribution in [-0.4, -0.2) is 26.0 Å². The van der Waals surface area contributed by atoms with Crippen LogP contribution in [0.25, 0.3) is 16.8 Å². The Morgan fingerprint density at radius 3 is 2.49 bits per heavy atom. The third kappa shape index (κ3) is 4.75. The Morgan fingerprint density at radius 2 is 1.74 bits per heavy atom. The molecule has 1 aromatic heterocycles. The number of nitro groups is 1. The molecule has 0 bridgehead atoms. The number of pyridine rings is 1. The van der Waals surface area contributed by atoms with Crippen molar-refractivity contribution in [3.63, 3.8) is 0 Å². The first kappa shape index (κ1) is 22.3. The topological polar surface area (TPSA) is 103 Å². The highest BCUT2D eigenvalue weighted by atomic mass is 32.2. The molecule has 35 heavy (non-hydrogen) atoms. The molecule has 4 aromatic rings. The molecule has 172 valence electrons. The number of rotatable bonds is 6. The summed E-state index contributed by atoms with van der Waals surface area (Å²) in [6, 6.07) is 23.3. The summed E-state index contributed by atoms with van der Waals surface area (Å²) in [4.78, 5) is 41.3. The quantitative estimate of drug-likeness (QED) is 0.183. The zero-order valence-electron chi connectivity index (χ0n) is 18.2. The number of thioether (sulfide) groups is 1. The van der Waals surface area contributed by atoms with Gasteiger partial charge in [0.2, 0.25) is 5.88 Å². The van der Waals surface area contributed by atoms with Crippen molar-refractivity contribution in [3.05, 3.63) is 111 Å². The molecule has 0 atom stereocenters. The number of nitrogens with zero attached hydrogens (tertiary/aromatic N) is 3. The molecule has 0 saturated carbocycles. The second-order valence-corrected chi connectivity index (χ2v) is 8.68. The van der Waals surface area contributed by atoms with Gasteiger partial charge in [-0.3, -0.25) is 24.6 Å². The van der Waals surface area contributed by atoms with E-state index in [1.54, 1.807) is 30.3 Å². The predicted molar refractivity (Wildman–Crippen MR) is 133 cm³/mol. The summed E-state index contributed by atoms with van der Waals surface area (Å²) in [5.74, 6) is 0.369. The molecule has 5 rings (SSSR count). The normalized spacial score (nSPS) is 14.6. The first-order chi connectivity index (χ1) is 17.0. The van der Waals surface area contributed by atoms with E-state index >= 15 is 0 Å². The molecule has 0 radical (unpaired) electrons. The lowest BCUT2D eigenvalue weighted by Gasteiger charge is -2.14. The van der Waals surface area contributed by atoms with E-state index in [2.05, 4.69) is 4.98 Å². The number of ether oxygens (including phenoxy) is 1. The maximum absolute atomic E-state index is 13.0. The van der Waals surface area contributed by atoms with E-state index < -0.39 is 4.92 Å². The lowest BCUT2D eigenvalue weighted by molar-refractivity contribution is -0.385. The maximum atomic E-state index is 13.0. The minimum Gasteiger partial charge on any atom is -0.439 e. The van der Waals surface area contributed by atoms with Gasteiger partial charge >= 0.3 is 0 Å². The van der Waals surface area contributed by atoms with Crippen LogP contribution in [0.3, 0.4) is 0 Å². The van der Waals surface area contributed by atoms with Crippen molar-refractivity contribution in [2.75, 3.05) is 0 Å². The summed E-state index contributed by atoms with van der Waals surface area (Å²) in [5, 5.41) is 12.5. The molecule has 1 aliphatic heterocycles. The van der Waals surface area contributed by atoms with E-state index in [1.807, 2.05) is 42.5 Å². The molecule has 0 aliphatic carbocycles. The number of carbonyl (C=O) groups is 2. The third-order valence-corrected chi connectivity index (χ3v) is 6.32. The molecule has 8 nitrogen and oxygen atoms in total. The SMILES string of the molecule is O=C1S/C(=C/c2ccc(Oc3ccc([N+](=O)[O-])cn3)cc2)C(=O)N1Cc1cccc2ccccc12. The van der Waals surface area contributed by atoms with Gasteiger partial charge in [-0.05, 0) is 51.9 Å². The molecule has 9 heteroatoms. The van der Waals surface area contributed by atoms with E-state index in [1.165, 1.54) is 17.0 Å². The Bertz CT molecular complexity index is 1480. The van der Waals surface area contributed by atoms with Crippen molar-refractivity contribution in [2.45, 2.75) is 6.54 Å². The molecule has 0 N–H and O–H groups in total. The number of fused-ring (bicyclic) bond motifs is 1. The average Bonchev–Trinajstić information content (AvgIpc) is 3.13. The zero-order valence-corrected chi connectivity index (χ0v) is 19.0. The maximum Gasteiger partial charge on any atom is 0.293 e. The number of benzene rings is 3. The molecular formula is C26H17N3O5S. The predicted octanol–water partition coefficient (Wildman–Crippen LogP) is 6.17. The lowest BCUT2D eigenvalue weighted by atomic mass is 10.0. The van der Waals surface area contributed by atoms with Crippen LogP contribution in [0.4, 0.5) is 10.5 Å². The lowest BCUT2D eigenvalue weighted by Crippen LogP contribution is -2.27. The van der Waals surface area contributed by atoms with Crippen molar-refractivity contribution in [3.8, 4) is 11.6 Å². The fourth-order valence-corrected chi connectivity index (χ4v) is 4.52. The van der Waals surface area contributed by atoms with Gasteiger partial charge in [-0.2, -0.15) is 0 Å². The first-order valence-electron chi connectivity index (χ1n) is 10.6. The number of amides is 2. The van der Waals surface area contributed by atoms with E-state index in [0.29, 0.717) is 10.7 Å². The van der Waals surface area contributed by atoms with Crippen molar-refractivity contribution >= 4 is 45.4 Å². The van der Waals surface area contributed by atoms with Crippen molar-refractivity contribution < 1.29 is 19.2 Å². The fourth-order valence-electron chi connectivity index (χ4n) is 3.68. The Balaban J connectivity index is 1.29. The Hall–Kier alpha value is -4.50. The monoisotopic (exact) mass is 483 g/mol. The van der Waals surface area contributed by atoms with Gasteiger partial charge in [0.25, 0.3) is 16.8 Å². The van der Waals surface area contributed by atoms with Crippen LogP contribution in [0.1, 0.15) is 11.1 Å². The number of imide groups is 1. The van der Waals surface area contributed by atoms with Crippen LogP contribution >= 0.6 is 11.8 Å². The molecule has 1 saturated heterocycles. The third-order valence-electron chi connectivity index (χ3n) is 5.41. The van der Waals surface area contributed by atoms with Crippen LogP contribution < -0.4 is 4.74 Å². The van der Waals surface area contributed by atoms with Gasteiger partial charge in [0, 0.05) is 12.1 Å². The number of hydrogen-bond donors (Lipinski definition) is 0. The van der Waals surface area contributed by atoms with Crippen LogP contribution in [0.5, 0.6) is 11.6 Å². The molecule has 1 fully saturated rings. The van der Waals surface area contributed by atoms with Gasteiger partial charge in [0.1, 0.15) is 11.9 Å². The summed E-state index contributed by atoms with van der Waals surface area (Å²) >= 11 is 0.914. The molecule has 2 amide bonds. The Labute approximate surface area is 204 Å². The van der Waals surface area contributed by atoms with Gasteiger partial charge in [-0.1, -0.05) is 54.6 Å². The van der Waals surface area contributed by atoms with Crippen molar-refractivity contribution in [1.29, 1.82) is 0 Å². The largest absolute Gasteiger partial charge is 0.439 e. The molecular weight excluding hydrogens is 466 g/mol. The van der Waals surface area contributed by atoms with Gasteiger partial charge in [0.15, 0.2) is 0 Å². The Morgan fingerprint density at radius 1 is 0.971 bits per heavy atom. The zero-order chi connectivity index (χ0) is 24.4. The van der Waals surface area contributed by atoms with Gasteiger partial charge in [0.05, 0.1) is 16.4 Å². The summed E-state index contributed by atoms with van der Waals surface area (Å²) < 4.78 is 5.61. The Kier molecular flexibility index (Phi) is 5.99. The van der Waals surface area contributed by atoms with E-state index in [4.69, 9.17) is 4.74 Å². The van der Waals surface area contributed by atoms with E-state index in [9.17, 15) is 19.7 Å². The van der Waals surface area contributed by atoms with Crippen molar-refractivity contribution in [2.24, 2.45) is 0 Å². The first-order valence-corrected chi connectivity index (χ1v) is 11.4. The molecule has 2 heterocycles. The number of carbonyl (C=O) groups excluding carboxylic acids is 2. The second-order valence-electron chi connectivity index (χ2n) is 7.69. The number of aromatic nitrogens is 1. The minimum atomic E-state index is -0.532. The smallest absolute Gasteiger partial charge is 0.293 e. The number of hydrogen-bond acceptors (Lipinski definition) is 7. The summed E-state index contributed by atoms with van der Waals surface area (Å²) in [6.07, 6.45) is 2.79. The highest BCUT2D eigenvalue weighted by Gasteiger charge is 2.35. The van der Waals surface area contributed by atoms with Crippen LogP contribution in [0.15, 0.2) is 90.0 Å². The summed E-state index contributed by atoms with van der Waals surface area (Å²) in [7, 11) is 0. The van der Waals surface area contributed by atoms with E-state index in [-0.39, 0.29) is 29.3 Å². The molecule has 0 unspecified atom stereocenters. The van der Waals surface area contributed by atoms with Crippen LogP contribution in [0, 0.1) is 10.1 Å². The summed E-state index contributed by atoms with van der Waals surface area (Å²) in [5.41, 5.74) is 1.51. The van der Waals surface area contributed by atoms with Crippen LogP contribution in [0.2, 0.25) is 0 Å². The van der Waals surface area contributed by atoms with Gasteiger partial charge in [-0.15, -0.1) is 0 Å². The van der Waals surface area contributed by atoms with E-state index in [0.717, 1.165) is 39.9 Å². The summed E-state index contributed by atoms with van der Waals surface area (Å²) in [6.45, 7) is 0.207. The van der Waals surface area contributed by atoms with Crippen LogP contribution in [-0.2, 0) is 11.3 Å². The highest BCUT2D eigenvalue weighted by Crippen LogP contribution is 2.34. The van der Waals surface area contributed by atoms with Crippen molar-refractivity contribution in [1.82, 2.24) is 9.88 Å². The highest BCUT2D eigenvalue weighted by molar-refractivity contribution is 8.18. The molecule has 1 aliphatic rings.